The molecule has 0 spiro atoms. The summed E-state index contributed by atoms with van der Waals surface area (Å²) in [7, 11) is 0. The van der Waals surface area contributed by atoms with Gasteiger partial charge in [0.25, 0.3) is 0 Å². The van der Waals surface area contributed by atoms with Gasteiger partial charge in [0.1, 0.15) is 28.1 Å². The Balaban J connectivity index is 1.97. The zero-order chi connectivity index (χ0) is 16.8. The lowest BCUT2D eigenvalue weighted by Crippen LogP contribution is -2.18. The second-order valence-corrected chi connectivity index (χ2v) is 6.51. The molecule has 1 fully saturated rings. The van der Waals surface area contributed by atoms with E-state index >= 15 is 0 Å². The summed E-state index contributed by atoms with van der Waals surface area (Å²) < 4.78 is 5.74. The van der Waals surface area contributed by atoms with Crippen LogP contribution in [0.25, 0.3) is 21.9 Å². The van der Waals surface area contributed by atoms with E-state index in [1.54, 1.807) is 12.1 Å². The largest absolute Gasteiger partial charge is 0.507 e. The molecule has 1 aliphatic rings. The molecule has 0 amide bonds. The molecule has 4 rings (SSSR count). The predicted octanol–water partition coefficient (Wildman–Crippen LogP) is 3.26. The van der Waals surface area contributed by atoms with Gasteiger partial charge in [0, 0.05) is 12.6 Å². The van der Waals surface area contributed by atoms with E-state index in [2.05, 4.69) is 4.90 Å². The number of fused-ring (bicyclic) bond motifs is 2. The highest BCUT2D eigenvalue weighted by atomic mass is 16.3. The first-order chi connectivity index (χ1) is 11.5. The molecule has 1 saturated heterocycles. The molecule has 0 saturated carbocycles. The summed E-state index contributed by atoms with van der Waals surface area (Å²) in [5, 5.41) is 21.5. The summed E-state index contributed by atoms with van der Waals surface area (Å²) in [5.74, 6) is -0.212. The number of aromatic hydroxyl groups is 2. The van der Waals surface area contributed by atoms with Crippen molar-refractivity contribution >= 4 is 21.9 Å². The molecule has 1 aromatic heterocycles. The first-order valence-electron chi connectivity index (χ1n) is 8.18. The van der Waals surface area contributed by atoms with Crippen molar-refractivity contribution in [3.63, 3.8) is 0 Å². The van der Waals surface area contributed by atoms with Gasteiger partial charge in [-0.25, -0.2) is 0 Å². The van der Waals surface area contributed by atoms with Crippen molar-refractivity contribution in [2.75, 3.05) is 13.1 Å². The van der Waals surface area contributed by atoms with Crippen LogP contribution in [0.3, 0.4) is 0 Å². The molecule has 2 aromatic carbocycles. The Morgan fingerprint density at radius 2 is 1.88 bits per heavy atom. The number of rotatable bonds is 2. The summed E-state index contributed by atoms with van der Waals surface area (Å²) in [5.41, 5.74) is 1.73. The maximum Gasteiger partial charge on any atom is 0.204 e. The average molecular weight is 325 g/mol. The van der Waals surface area contributed by atoms with Crippen molar-refractivity contribution in [3.8, 4) is 11.5 Å². The van der Waals surface area contributed by atoms with E-state index in [4.69, 9.17) is 4.42 Å². The zero-order valence-corrected chi connectivity index (χ0v) is 13.5. The summed E-state index contributed by atoms with van der Waals surface area (Å²) in [6.07, 6.45) is 2.22. The summed E-state index contributed by atoms with van der Waals surface area (Å²) in [4.78, 5) is 15.0. The van der Waals surface area contributed by atoms with Crippen LogP contribution in [-0.2, 0) is 6.54 Å². The van der Waals surface area contributed by atoms with Gasteiger partial charge in [0.2, 0.25) is 5.43 Å². The molecule has 0 unspecified atom stereocenters. The predicted molar refractivity (Wildman–Crippen MR) is 92.6 cm³/mol. The molecule has 0 atom stereocenters. The first kappa shape index (κ1) is 15.0. The van der Waals surface area contributed by atoms with Crippen LogP contribution in [-0.4, -0.2) is 28.2 Å². The maximum atomic E-state index is 12.8. The lowest BCUT2D eigenvalue weighted by atomic mass is 10.0. The van der Waals surface area contributed by atoms with Gasteiger partial charge in [-0.1, -0.05) is 11.6 Å². The molecule has 2 heterocycles. The number of aryl methyl sites for hydroxylation is 1. The Labute approximate surface area is 138 Å². The summed E-state index contributed by atoms with van der Waals surface area (Å²) >= 11 is 0. The fourth-order valence-corrected chi connectivity index (χ4v) is 3.46. The van der Waals surface area contributed by atoms with Gasteiger partial charge < -0.3 is 14.6 Å². The van der Waals surface area contributed by atoms with E-state index in [1.807, 2.05) is 13.0 Å². The first-order valence-corrected chi connectivity index (χ1v) is 8.18. The second kappa shape index (κ2) is 5.53. The van der Waals surface area contributed by atoms with E-state index in [0.717, 1.165) is 31.5 Å². The van der Waals surface area contributed by atoms with Crippen molar-refractivity contribution in [1.29, 1.82) is 0 Å². The van der Waals surface area contributed by atoms with Crippen molar-refractivity contribution in [2.45, 2.75) is 26.3 Å². The fraction of sp³-hybridized carbons (Fsp3) is 0.316. The SMILES string of the molecule is Cc1ccc2oc3cc(O)c(CN4CCCC4)c(O)c3c(=O)c2c1. The highest BCUT2D eigenvalue weighted by Gasteiger charge is 2.21. The van der Waals surface area contributed by atoms with Crippen LogP contribution >= 0.6 is 0 Å². The monoisotopic (exact) mass is 325 g/mol. The Hall–Kier alpha value is -2.53. The summed E-state index contributed by atoms with van der Waals surface area (Å²) in [6, 6.07) is 6.78. The van der Waals surface area contributed by atoms with Gasteiger partial charge in [-0.05, 0) is 45.0 Å². The molecule has 1 aliphatic heterocycles. The second-order valence-electron chi connectivity index (χ2n) is 6.51. The number of phenols is 2. The molecule has 2 N–H and O–H groups in total. The topological polar surface area (TPSA) is 73.9 Å². The van der Waals surface area contributed by atoms with Crippen LogP contribution in [0.1, 0.15) is 24.0 Å². The highest BCUT2D eigenvalue weighted by molar-refractivity contribution is 5.95. The van der Waals surface area contributed by atoms with Crippen LogP contribution in [0.2, 0.25) is 0 Å². The number of hydrogen-bond acceptors (Lipinski definition) is 5. The van der Waals surface area contributed by atoms with Crippen LogP contribution in [0, 0.1) is 6.92 Å². The van der Waals surface area contributed by atoms with Crippen LogP contribution in [0.4, 0.5) is 0 Å². The minimum absolute atomic E-state index is 0.0403. The molecule has 3 aromatic rings. The molecule has 0 bridgehead atoms. The third-order valence-electron chi connectivity index (χ3n) is 4.75. The third-order valence-corrected chi connectivity index (χ3v) is 4.75. The molecular weight excluding hydrogens is 306 g/mol. The van der Waals surface area contributed by atoms with E-state index < -0.39 is 0 Å². The fourth-order valence-electron chi connectivity index (χ4n) is 3.46. The lowest BCUT2D eigenvalue weighted by molar-refractivity contribution is 0.316. The van der Waals surface area contributed by atoms with Crippen molar-refractivity contribution in [2.24, 2.45) is 0 Å². The lowest BCUT2D eigenvalue weighted by Gasteiger charge is -2.17. The quantitative estimate of drug-likeness (QED) is 0.708. The van der Waals surface area contributed by atoms with Gasteiger partial charge in [-0.2, -0.15) is 0 Å². The number of nitrogens with zero attached hydrogens (tertiary/aromatic N) is 1. The highest BCUT2D eigenvalue weighted by Crippen LogP contribution is 2.36. The molecule has 124 valence electrons. The number of benzene rings is 2. The van der Waals surface area contributed by atoms with Crippen LogP contribution < -0.4 is 5.43 Å². The van der Waals surface area contributed by atoms with Crippen LogP contribution in [0.15, 0.2) is 33.5 Å². The normalized spacial score (nSPS) is 15.5. The number of phenolic OH excluding ortho intramolecular Hbond substituents is 2. The van der Waals surface area contributed by atoms with Gasteiger partial charge in [0.05, 0.1) is 10.9 Å². The number of hydrogen-bond donors (Lipinski definition) is 2. The Morgan fingerprint density at radius 1 is 1.12 bits per heavy atom. The molecule has 5 heteroatoms. The van der Waals surface area contributed by atoms with Crippen molar-refractivity contribution < 1.29 is 14.6 Å². The molecule has 24 heavy (non-hydrogen) atoms. The van der Waals surface area contributed by atoms with E-state index in [0.29, 0.717) is 23.1 Å². The molecule has 5 nitrogen and oxygen atoms in total. The van der Waals surface area contributed by atoms with Gasteiger partial charge in [-0.15, -0.1) is 0 Å². The van der Waals surface area contributed by atoms with E-state index in [1.165, 1.54) is 6.07 Å². The Kier molecular flexibility index (Phi) is 3.46. The smallest absolute Gasteiger partial charge is 0.204 e. The summed E-state index contributed by atoms with van der Waals surface area (Å²) in [6.45, 7) is 4.20. The zero-order valence-electron chi connectivity index (χ0n) is 13.5. The minimum Gasteiger partial charge on any atom is -0.507 e. The number of likely N-dealkylation sites (tertiary alicyclic amines) is 1. The minimum atomic E-state index is -0.268. The van der Waals surface area contributed by atoms with Crippen molar-refractivity contribution in [1.82, 2.24) is 4.90 Å². The van der Waals surface area contributed by atoms with Gasteiger partial charge in [0.15, 0.2) is 0 Å². The van der Waals surface area contributed by atoms with E-state index in [-0.39, 0.29) is 27.9 Å². The van der Waals surface area contributed by atoms with Crippen LogP contribution in [0.5, 0.6) is 11.5 Å². The van der Waals surface area contributed by atoms with Crippen molar-refractivity contribution in [3.05, 3.63) is 45.6 Å². The Bertz CT molecular complexity index is 1000. The van der Waals surface area contributed by atoms with Gasteiger partial charge >= 0.3 is 0 Å². The maximum absolute atomic E-state index is 12.8. The molecular formula is C19H19NO4. The van der Waals surface area contributed by atoms with E-state index in [9.17, 15) is 15.0 Å². The standard InChI is InChI=1S/C19H19NO4/c1-11-4-5-15-12(8-11)18(22)17-16(24-15)9-14(21)13(19(17)23)10-20-6-2-3-7-20/h4-5,8-9,21,23H,2-3,6-7,10H2,1H3. The molecule has 0 radical (unpaired) electrons. The molecule has 0 aliphatic carbocycles. The third kappa shape index (κ3) is 2.32. The van der Waals surface area contributed by atoms with Gasteiger partial charge in [-0.3, -0.25) is 9.69 Å². The average Bonchev–Trinajstić information content (AvgIpc) is 3.05. The Morgan fingerprint density at radius 3 is 2.62 bits per heavy atom.